The normalized spacial score (nSPS) is 14.7. The number of fused-ring (bicyclic) bond motifs is 2. The fraction of sp³-hybridized carbons (Fsp3) is 0.190. The number of aryl methyl sites for hydroxylation is 1. The van der Waals surface area contributed by atoms with E-state index >= 15 is 0 Å². The Kier molecular flexibility index (Phi) is 2.49. The van der Waals surface area contributed by atoms with Gasteiger partial charge in [-0.2, -0.15) is 0 Å². The molecule has 2 heteroatoms. The van der Waals surface area contributed by atoms with Crippen molar-refractivity contribution in [2.45, 2.75) is 19.3 Å². The Hall–Kier alpha value is -2.61. The predicted molar refractivity (Wildman–Crippen MR) is 94.0 cm³/mol. The second-order valence-electron chi connectivity index (χ2n) is 6.37. The molecule has 112 valence electrons. The Balaban J connectivity index is 2.05. The molecule has 0 saturated carbocycles. The number of Topliss-reactive ketones (excluding diaryl/α,β-unsaturated/α-hetero) is 1. The average molecular weight is 300 g/mol. The van der Waals surface area contributed by atoms with Crippen LogP contribution in [0.4, 0.5) is 0 Å². The van der Waals surface area contributed by atoms with Gasteiger partial charge in [-0.1, -0.05) is 24.3 Å². The Labute approximate surface area is 134 Å². The number of carbonyl (C=O) groups is 1. The van der Waals surface area contributed by atoms with Crippen LogP contribution in [-0.2, 0) is 6.42 Å². The Morgan fingerprint density at radius 3 is 2.48 bits per heavy atom. The Morgan fingerprint density at radius 1 is 0.870 bits per heavy atom. The van der Waals surface area contributed by atoms with Crippen LogP contribution >= 0.6 is 0 Å². The van der Waals surface area contributed by atoms with Crippen LogP contribution in [0.5, 0.6) is 5.75 Å². The molecule has 23 heavy (non-hydrogen) atoms. The number of ketones is 1. The number of ether oxygens (including phenoxy) is 1. The maximum absolute atomic E-state index is 12.3. The molecule has 0 aromatic heterocycles. The van der Waals surface area contributed by atoms with E-state index < -0.39 is 0 Å². The highest BCUT2D eigenvalue weighted by Crippen LogP contribution is 2.41. The van der Waals surface area contributed by atoms with Gasteiger partial charge in [0, 0.05) is 22.8 Å². The molecule has 0 bridgehead atoms. The molecule has 2 nitrogen and oxygen atoms in total. The topological polar surface area (TPSA) is 26.3 Å². The van der Waals surface area contributed by atoms with Crippen molar-refractivity contribution in [3.8, 4) is 5.75 Å². The molecule has 0 amide bonds. The fourth-order valence-corrected chi connectivity index (χ4v) is 4.16. The van der Waals surface area contributed by atoms with Gasteiger partial charge in [-0.15, -0.1) is 0 Å². The van der Waals surface area contributed by atoms with Crippen LogP contribution in [0.1, 0.15) is 28.8 Å². The van der Waals surface area contributed by atoms with Gasteiger partial charge in [0.25, 0.3) is 0 Å². The molecule has 1 aliphatic rings. The van der Waals surface area contributed by atoms with Gasteiger partial charge in [0.15, 0.2) is 5.78 Å². The van der Waals surface area contributed by atoms with Crippen LogP contribution in [-0.4, -0.2) is 12.9 Å². The average Bonchev–Trinajstić information content (AvgIpc) is 2.59. The summed E-state index contributed by atoms with van der Waals surface area (Å²) in [7, 11) is 1.71. The first-order valence-corrected chi connectivity index (χ1v) is 8.08. The first kappa shape index (κ1) is 12.9. The number of rotatable bonds is 1. The van der Waals surface area contributed by atoms with Crippen molar-refractivity contribution in [3.63, 3.8) is 0 Å². The second kappa shape index (κ2) is 4.45. The van der Waals surface area contributed by atoms with Gasteiger partial charge in [-0.25, -0.2) is 0 Å². The van der Waals surface area contributed by atoms with Crippen molar-refractivity contribution in [3.05, 3.63) is 53.6 Å². The molecule has 0 unspecified atom stereocenters. The lowest BCUT2D eigenvalue weighted by Crippen LogP contribution is -2.11. The van der Waals surface area contributed by atoms with Gasteiger partial charge < -0.3 is 4.74 Å². The standard InChI is InChI=1S/C21H16O2/c1-23-19-10-7-12-5-8-15-14-3-2-4-18(22)17(14)11-13-6-9-16(19)20(12)21(13)15/h5-11H,2-4H2,1H3. The van der Waals surface area contributed by atoms with Gasteiger partial charge in [-0.05, 0) is 58.1 Å². The van der Waals surface area contributed by atoms with E-state index in [9.17, 15) is 4.79 Å². The number of hydrogen-bond donors (Lipinski definition) is 0. The molecule has 0 radical (unpaired) electrons. The van der Waals surface area contributed by atoms with E-state index in [1.165, 1.54) is 27.1 Å². The zero-order chi connectivity index (χ0) is 15.6. The first-order chi connectivity index (χ1) is 11.3. The number of methoxy groups -OCH3 is 1. The molecule has 1 aliphatic carbocycles. The summed E-state index contributed by atoms with van der Waals surface area (Å²) in [5.74, 6) is 1.19. The van der Waals surface area contributed by atoms with Crippen molar-refractivity contribution >= 4 is 38.1 Å². The third-order valence-corrected chi connectivity index (χ3v) is 5.21. The van der Waals surface area contributed by atoms with Crippen molar-refractivity contribution in [2.24, 2.45) is 0 Å². The van der Waals surface area contributed by atoms with Crippen molar-refractivity contribution in [1.29, 1.82) is 0 Å². The monoisotopic (exact) mass is 300 g/mol. The third kappa shape index (κ3) is 1.61. The van der Waals surface area contributed by atoms with Gasteiger partial charge in [0.2, 0.25) is 0 Å². The quantitative estimate of drug-likeness (QED) is 0.456. The van der Waals surface area contributed by atoms with Gasteiger partial charge in [0.05, 0.1) is 7.11 Å². The van der Waals surface area contributed by atoms with Gasteiger partial charge >= 0.3 is 0 Å². The summed E-state index contributed by atoms with van der Waals surface area (Å²) in [6.45, 7) is 0. The molecule has 0 aliphatic heterocycles. The highest BCUT2D eigenvalue weighted by Gasteiger charge is 2.22. The van der Waals surface area contributed by atoms with E-state index in [1.807, 2.05) is 6.07 Å². The van der Waals surface area contributed by atoms with E-state index in [2.05, 4.69) is 36.4 Å². The highest BCUT2D eigenvalue weighted by molar-refractivity contribution is 6.26. The smallest absolute Gasteiger partial charge is 0.163 e. The fourth-order valence-electron chi connectivity index (χ4n) is 4.16. The molecular formula is C21H16O2. The van der Waals surface area contributed by atoms with Gasteiger partial charge in [0.1, 0.15) is 5.75 Å². The summed E-state index contributed by atoms with van der Waals surface area (Å²) in [5.41, 5.74) is 2.15. The molecule has 0 atom stereocenters. The summed E-state index contributed by atoms with van der Waals surface area (Å²) in [6.07, 6.45) is 2.62. The number of carbonyl (C=O) groups excluding carboxylic acids is 1. The summed E-state index contributed by atoms with van der Waals surface area (Å²) < 4.78 is 5.55. The number of hydrogen-bond acceptors (Lipinski definition) is 2. The maximum Gasteiger partial charge on any atom is 0.163 e. The first-order valence-electron chi connectivity index (χ1n) is 8.08. The van der Waals surface area contributed by atoms with E-state index in [0.717, 1.165) is 34.9 Å². The minimum Gasteiger partial charge on any atom is -0.496 e. The van der Waals surface area contributed by atoms with E-state index in [0.29, 0.717) is 6.42 Å². The van der Waals surface area contributed by atoms with Crippen molar-refractivity contribution in [1.82, 2.24) is 0 Å². The van der Waals surface area contributed by atoms with Crippen molar-refractivity contribution < 1.29 is 9.53 Å². The van der Waals surface area contributed by atoms with Crippen LogP contribution in [0.3, 0.4) is 0 Å². The molecule has 0 fully saturated rings. The Bertz CT molecular complexity index is 1090. The zero-order valence-corrected chi connectivity index (χ0v) is 13.0. The van der Waals surface area contributed by atoms with Crippen molar-refractivity contribution in [2.75, 3.05) is 7.11 Å². The summed E-state index contributed by atoms with van der Waals surface area (Å²) in [6, 6.07) is 14.8. The SMILES string of the molecule is COc1ccc2ccc3c4c(cc5ccc1c2c53)C(=O)CCC4. The Morgan fingerprint density at radius 2 is 1.61 bits per heavy atom. The lowest BCUT2D eigenvalue weighted by atomic mass is 9.83. The van der Waals surface area contributed by atoms with Gasteiger partial charge in [-0.3, -0.25) is 4.79 Å². The van der Waals surface area contributed by atoms with Crippen LogP contribution in [0.25, 0.3) is 32.3 Å². The highest BCUT2D eigenvalue weighted by atomic mass is 16.5. The molecule has 5 rings (SSSR count). The summed E-state index contributed by atoms with van der Waals surface area (Å²) >= 11 is 0. The summed E-state index contributed by atoms with van der Waals surface area (Å²) in [5, 5.41) is 7.27. The largest absolute Gasteiger partial charge is 0.496 e. The molecule has 0 spiro atoms. The molecule has 4 aromatic rings. The minimum atomic E-state index is 0.286. The predicted octanol–water partition coefficient (Wildman–Crippen LogP) is 5.11. The molecular weight excluding hydrogens is 284 g/mol. The van der Waals surface area contributed by atoms with Crippen LogP contribution in [0.15, 0.2) is 42.5 Å². The van der Waals surface area contributed by atoms with Crippen LogP contribution in [0.2, 0.25) is 0 Å². The maximum atomic E-state index is 12.3. The minimum absolute atomic E-state index is 0.286. The zero-order valence-electron chi connectivity index (χ0n) is 13.0. The summed E-state index contributed by atoms with van der Waals surface area (Å²) in [4.78, 5) is 12.3. The number of benzene rings is 4. The van der Waals surface area contributed by atoms with E-state index in [4.69, 9.17) is 4.74 Å². The molecule has 0 N–H and O–H groups in total. The van der Waals surface area contributed by atoms with Crippen LogP contribution in [0, 0.1) is 0 Å². The molecule has 0 saturated heterocycles. The lowest BCUT2D eigenvalue weighted by Gasteiger charge is -2.20. The molecule has 0 heterocycles. The van der Waals surface area contributed by atoms with E-state index in [1.54, 1.807) is 7.11 Å². The molecule has 4 aromatic carbocycles. The second-order valence-corrected chi connectivity index (χ2v) is 6.37. The van der Waals surface area contributed by atoms with Crippen LogP contribution < -0.4 is 4.74 Å². The van der Waals surface area contributed by atoms with E-state index in [-0.39, 0.29) is 5.78 Å². The lowest BCUT2D eigenvalue weighted by molar-refractivity contribution is 0.0973. The third-order valence-electron chi connectivity index (χ3n) is 5.21.